The van der Waals surface area contributed by atoms with Crippen molar-refractivity contribution < 1.29 is 14.3 Å². The Balaban J connectivity index is 1.43. The zero-order chi connectivity index (χ0) is 24.5. The normalized spacial score (nSPS) is 16.5. The first-order chi connectivity index (χ1) is 16.1. The predicted octanol–water partition coefficient (Wildman–Crippen LogP) is 5.08. The van der Waals surface area contributed by atoms with Crippen molar-refractivity contribution in [3.05, 3.63) is 47.9 Å². The summed E-state index contributed by atoms with van der Waals surface area (Å²) in [5.74, 6) is 1.13. The first-order valence-electron chi connectivity index (χ1n) is 12.2. The van der Waals surface area contributed by atoms with Gasteiger partial charge in [-0.05, 0) is 56.2 Å². The highest BCUT2D eigenvalue weighted by Crippen LogP contribution is 2.28. The van der Waals surface area contributed by atoms with Gasteiger partial charge in [0.1, 0.15) is 5.60 Å². The van der Waals surface area contributed by atoms with Gasteiger partial charge in [0.15, 0.2) is 5.82 Å². The van der Waals surface area contributed by atoms with E-state index >= 15 is 0 Å². The standard InChI is InChI=1S/C27H36N4O3/c1-19(2)10-13-29-16-17-31-23(18-28-24(31)25(29)32)22-8-6-20(7-9-22)21-11-14-30(15-12-21)26(33)34-27(3,4)5/h6-9,11,18-19H,10,12-17H2,1-5H3. The number of ether oxygens (including phenoxy) is 1. The molecule has 0 radical (unpaired) electrons. The number of hydrogen-bond donors (Lipinski definition) is 0. The van der Waals surface area contributed by atoms with Crippen molar-refractivity contribution in [2.24, 2.45) is 5.92 Å². The number of benzene rings is 1. The summed E-state index contributed by atoms with van der Waals surface area (Å²) in [6.45, 7) is 13.5. The molecular weight excluding hydrogens is 428 g/mol. The topological polar surface area (TPSA) is 67.7 Å². The summed E-state index contributed by atoms with van der Waals surface area (Å²) >= 11 is 0. The van der Waals surface area contributed by atoms with E-state index in [1.807, 2.05) is 36.4 Å². The first-order valence-corrected chi connectivity index (χ1v) is 12.2. The van der Waals surface area contributed by atoms with Crippen LogP contribution in [0, 0.1) is 5.92 Å². The molecule has 2 aliphatic rings. The Labute approximate surface area is 202 Å². The van der Waals surface area contributed by atoms with Gasteiger partial charge in [-0.1, -0.05) is 44.2 Å². The Morgan fingerprint density at radius 3 is 2.41 bits per heavy atom. The lowest BCUT2D eigenvalue weighted by atomic mass is 9.98. The molecule has 7 heteroatoms. The monoisotopic (exact) mass is 464 g/mol. The van der Waals surface area contributed by atoms with Gasteiger partial charge in [-0.2, -0.15) is 0 Å². The van der Waals surface area contributed by atoms with E-state index in [2.05, 4.69) is 49.2 Å². The van der Waals surface area contributed by atoms with E-state index in [0.717, 1.165) is 49.3 Å². The molecule has 0 spiro atoms. The maximum atomic E-state index is 12.9. The SMILES string of the molecule is CC(C)CCN1CCn2c(-c3ccc(C4=CCN(C(=O)OC(C)(C)C)CC4)cc3)cnc2C1=O. The molecule has 2 aliphatic heterocycles. The van der Waals surface area contributed by atoms with E-state index < -0.39 is 5.60 Å². The molecule has 2 amide bonds. The lowest BCUT2D eigenvalue weighted by Gasteiger charge is -2.29. The van der Waals surface area contributed by atoms with Crippen LogP contribution in [-0.2, 0) is 11.3 Å². The molecule has 0 atom stereocenters. The van der Waals surface area contributed by atoms with Crippen LogP contribution >= 0.6 is 0 Å². The van der Waals surface area contributed by atoms with Gasteiger partial charge in [0, 0.05) is 32.7 Å². The van der Waals surface area contributed by atoms with Gasteiger partial charge in [-0.15, -0.1) is 0 Å². The van der Waals surface area contributed by atoms with Crippen LogP contribution < -0.4 is 0 Å². The third-order valence-electron chi connectivity index (χ3n) is 6.32. The second-order valence-electron chi connectivity index (χ2n) is 10.6. The third-order valence-corrected chi connectivity index (χ3v) is 6.32. The van der Waals surface area contributed by atoms with Crippen LogP contribution in [0.2, 0.25) is 0 Å². The minimum atomic E-state index is -0.485. The van der Waals surface area contributed by atoms with Crippen molar-refractivity contribution in [2.75, 3.05) is 26.2 Å². The van der Waals surface area contributed by atoms with Gasteiger partial charge >= 0.3 is 6.09 Å². The maximum absolute atomic E-state index is 12.9. The number of carbonyl (C=O) groups is 2. The van der Waals surface area contributed by atoms with Gasteiger partial charge in [-0.3, -0.25) is 4.79 Å². The molecule has 182 valence electrons. The van der Waals surface area contributed by atoms with Gasteiger partial charge in [-0.25, -0.2) is 9.78 Å². The van der Waals surface area contributed by atoms with Crippen LogP contribution in [0.1, 0.15) is 63.6 Å². The molecule has 0 fully saturated rings. The quantitative estimate of drug-likeness (QED) is 0.619. The highest BCUT2D eigenvalue weighted by atomic mass is 16.6. The Morgan fingerprint density at radius 1 is 1.09 bits per heavy atom. The second-order valence-corrected chi connectivity index (χ2v) is 10.6. The maximum Gasteiger partial charge on any atom is 0.410 e. The minimum Gasteiger partial charge on any atom is -0.444 e. The summed E-state index contributed by atoms with van der Waals surface area (Å²) in [5, 5.41) is 0. The van der Waals surface area contributed by atoms with Crippen molar-refractivity contribution in [3.63, 3.8) is 0 Å². The van der Waals surface area contributed by atoms with Crippen LogP contribution in [0.5, 0.6) is 0 Å². The summed E-state index contributed by atoms with van der Waals surface area (Å²) < 4.78 is 7.52. The fraction of sp³-hybridized carbons (Fsp3) is 0.519. The molecule has 0 aliphatic carbocycles. The largest absolute Gasteiger partial charge is 0.444 e. The van der Waals surface area contributed by atoms with Crippen molar-refractivity contribution in [1.29, 1.82) is 0 Å². The van der Waals surface area contributed by atoms with Gasteiger partial charge in [0.05, 0.1) is 11.9 Å². The first kappa shape index (κ1) is 24.0. The number of hydrogen-bond acceptors (Lipinski definition) is 4. The lowest BCUT2D eigenvalue weighted by Crippen LogP contribution is -2.41. The van der Waals surface area contributed by atoms with Gasteiger partial charge in [0.25, 0.3) is 5.91 Å². The van der Waals surface area contributed by atoms with E-state index in [4.69, 9.17) is 4.74 Å². The highest BCUT2D eigenvalue weighted by Gasteiger charge is 2.28. The molecule has 0 saturated carbocycles. The Morgan fingerprint density at radius 2 is 1.79 bits per heavy atom. The molecule has 3 heterocycles. The molecule has 4 rings (SSSR count). The molecule has 0 unspecified atom stereocenters. The fourth-order valence-corrected chi connectivity index (χ4v) is 4.37. The summed E-state index contributed by atoms with van der Waals surface area (Å²) in [5.41, 5.74) is 3.94. The molecule has 0 saturated heterocycles. The van der Waals surface area contributed by atoms with Gasteiger partial charge in [0.2, 0.25) is 0 Å². The average molecular weight is 465 g/mol. The van der Waals surface area contributed by atoms with E-state index in [9.17, 15) is 9.59 Å². The van der Waals surface area contributed by atoms with E-state index in [-0.39, 0.29) is 12.0 Å². The summed E-state index contributed by atoms with van der Waals surface area (Å²) in [4.78, 5) is 33.3. The molecule has 0 bridgehead atoms. The summed E-state index contributed by atoms with van der Waals surface area (Å²) in [6, 6.07) is 8.42. The zero-order valence-electron chi connectivity index (χ0n) is 21.0. The number of fused-ring (bicyclic) bond motifs is 1. The van der Waals surface area contributed by atoms with Crippen molar-refractivity contribution >= 4 is 17.6 Å². The van der Waals surface area contributed by atoms with Crippen LogP contribution in [0.15, 0.2) is 36.5 Å². The smallest absolute Gasteiger partial charge is 0.410 e. The number of imidazole rings is 1. The van der Waals surface area contributed by atoms with E-state index in [1.54, 1.807) is 4.90 Å². The van der Waals surface area contributed by atoms with Crippen LogP contribution in [0.4, 0.5) is 4.79 Å². The number of nitrogens with zero attached hydrogens (tertiary/aromatic N) is 4. The molecule has 7 nitrogen and oxygen atoms in total. The predicted molar refractivity (Wildman–Crippen MR) is 133 cm³/mol. The molecule has 1 aromatic heterocycles. The van der Waals surface area contributed by atoms with Crippen molar-refractivity contribution in [3.8, 4) is 11.3 Å². The van der Waals surface area contributed by atoms with Gasteiger partial charge < -0.3 is 19.1 Å². The second kappa shape index (κ2) is 9.65. The Kier molecular flexibility index (Phi) is 6.82. The average Bonchev–Trinajstić information content (AvgIpc) is 3.23. The molecule has 1 aromatic carbocycles. The minimum absolute atomic E-state index is 0.0247. The van der Waals surface area contributed by atoms with Crippen molar-refractivity contribution in [2.45, 2.75) is 59.6 Å². The molecule has 34 heavy (non-hydrogen) atoms. The summed E-state index contributed by atoms with van der Waals surface area (Å²) in [6.07, 6.45) is 5.45. The fourth-order valence-electron chi connectivity index (χ4n) is 4.37. The molecular formula is C27H36N4O3. The number of aromatic nitrogens is 2. The Hall–Kier alpha value is -3.09. The molecule has 0 N–H and O–H groups in total. The number of amides is 2. The van der Waals surface area contributed by atoms with Crippen LogP contribution in [-0.4, -0.2) is 63.1 Å². The number of carbonyl (C=O) groups excluding carboxylic acids is 2. The highest BCUT2D eigenvalue weighted by molar-refractivity contribution is 5.92. The lowest BCUT2D eigenvalue weighted by molar-refractivity contribution is 0.0270. The van der Waals surface area contributed by atoms with Crippen molar-refractivity contribution in [1.82, 2.24) is 19.4 Å². The van der Waals surface area contributed by atoms with Crippen LogP contribution in [0.3, 0.4) is 0 Å². The third kappa shape index (κ3) is 5.34. The van der Waals surface area contributed by atoms with E-state index in [1.165, 1.54) is 5.57 Å². The number of rotatable bonds is 5. The summed E-state index contributed by atoms with van der Waals surface area (Å²) in [7, 11) is 0. The van der Waals surface area contributed by atoms with Crippen LogP contribution in [0.25, 0.3) is 16.8 Å². The Bertz CT molecular complexity index is 1080. The molecule has 2 aromatic rings. The zero-order valence-corrected chi connectivity index (χ0v) is 21.0. The van der Waals surface area contributed by atoms with E-state index in [0.29, 0.717) is 24.8 Å².